The molecule has 0 unspecified atom stereocenters. The topological polar surface area (TPSA) is 47.6 Å². The lowest BCUT2D eigenvalue weighted by Gasteiger charge is -2.32. The SMILES string of the molecule is CC1(C)OB(c2ccccc2CC(=O)NC2CC2)OC1(C)C. The fourth-order valence-electron chi connectivity index (χ4n) is 2.57. The van der Waals surface area contributed by atoms with Gasteiger partial charge in [0.15, 0.2) is 0 Å². The molecule has 22 heavy (non-hydrogen) atoms. The van der Waals surface area contributed by atoms with Gasteiger partial charge in [0.1, 0.15) is 0 Å². The van der Waals surface area contributed by atoms with Crippen LogP contribution in [0.15, 0.2) is 24.3 Å². The molecule has 1 aromatic rings. The highest BCUT2D eigenvalue weighted by Gasteiger charge is 2.52. The summed E-state index contributed by atoms with van der Waals surface area (Å²) in [5.41, 5.74) is 1.17. The quantitative estimate of drug-likeness (QED) is 0.863. The molecule has 3 rings (SSSR count). The predicted octanol–water partition coefficient (Wildman–Crippen LogP) is 1.81. The maximum absolute atomic E-state index is 12.1. The Morgan fingerprint density at radius 1 is 1.18 bits per heavy atom. The third-order valence-corrected chi connectivity index (χ3v) is 4.86. The number of benzene rings is 1. The van der Waals surface area contributed by atoms with Crippen LogP contribution >= 0.6 is 0 Å². The minimum absolute atomic E-state index is 0.0754. The Kier molecular flexibility index (Phi) is 3.81. The van der Waals surface area contributed by atoms with Gasteiger partial charge in [-0.1, -0.05) is 24.3 Å². The lowest BCUT2D eigenvalue weighted by atomic mass is 9.75. The molecule has 1 aliphatic heterocycles. The van der Waals surface area contributed by atoms with Crippen LogP contribution in [-0.2, 0) is 20.5 Å². The highest BCUT2D eigenvalue weighted by atomic mass is 16.7. The number of rotatable bonds is 4. The van der Waals surface area contributed by atoms with E-state index in [-0.39, 0.29) is 17.1 Å². The van der Waals surface area contributed by atoms with Gasteiger partial charge in [-0.15, -0.1) is 0 Å². The van der Waals surface area contributed by atoms with Gasteiger partial charge >= 0.3 is 7.12 Å². The standard InChI is InChI=1S/C17H24BNO3/c1-16(2)17(3,4)22-18(21-16)14-8-6-5-7-12(14)11-15(20)19-13-9-10-13/h5-8,13H,9-11H2,1-4H3,(H,19,20). The van der Waals surface area contributed by atoms with Gasteiger partial charge in [0.2, 0.25) is 5.91 Å². The first-order chi connectivity index (χ1) is 10.3. The molecule has 0 bridgehead atoms. The van der Waals surface area contributed by atoms with Gasteiger partial charge in [-0.3, -0.25) is 4.79 Å². The summed E-state index contributed by atoms with van der Waals surface area (Å²) in [5.74, 6) is 0.0754. The summed E-state index contributed by atoms with van der Waals surface area (Å²) >= 11 is 0. The van der Waals surface area contributed by atoms with E-state index in [1.54, 1.807) is 0 Å². The van der Waals surface area contributed by atoms with Crippen LogP contribution in [0.1, 0.15) is 46.1 Å². The van der Waals surface area contributed by atoms with E-state index in [9.17, 15) is 4.79 Å². The molecule has 1 aliphatic carbocycles. The fraction of sp³-hybridized carbons (Fsp3) is 0.588. The van der Waals surface area contributed by atoms with E-state index in [1.165, 1.54) is 0 Å². The molecule has 5 heteroatoms. The number of amides is 1. The van der Waals surface area contributed by atoms with Crippen molar-refractivity contribution in [2.75, 3.05) is 0 Å². The molecule has 118 valence electrons. The Hall–Kier alpha value is -1.33. The van der Waals surface area contributed by atoms with Crippen molar-refractivity contribution in [3.05, 3.63) is 29.8 Å². The molecule has 2 fully saturated rings. The van der Waals surface area contributed by atoms with Gasteiger partial charge in [0.25, 0.3) is 0 Å². The summed E-state index contributed by atoms with van der Waals surface area (Å²) in [4.78, 5) is 12.1. The van der Waals surface area contributed by atoms with Crippen molar-refractivity contribution < 1.29 is 14.1 Å². The Labute approximate surface area is 132 Å². The van der Waals surface area contributed by atoms with Crippen molar-refractivity contribution in [1.29, 1.82) is 0 Å². The normalized spacial score (nSPS) is 22.6. The monoisotopic (exact) mass is 301 g/mol. The second-order valence-electron chi connectivity index (χ2n) is 7.31. The van der Waals surface area contributed by atoms with E-state index in [0.29, 0.717) is 12.5 Å². The van der Waals surface area contributed by atoms with Crippen LogP contribution in [-0.4, -0.2) is 30.3 Å². The van der Waals surface area contributed by atoms with Crippen LogP contribution in [0.4, 0.5) is 0 Å². The molecular formula is C17H24BNO3. The minimum atomic E-state index is -0.421. The molecule has 1 heterocycles. The zero-order valence-corrected chi connectivity index (χ0v) is 13.8. The first kappa shape index (κ1) is 15.6. The number of hydrogen-bond acceptors (Lipinski definition) is 3. The van der Waals surface area contributed by atoms with E-state index < -0.39 is 7.12 Å². The van der Waals surface area contributed by atoms with Crippen molar-refractivity contribution in [1.82, 2.24) is 5.32 Å². The first-order valence-corrected chi connectivity index (χ1v) is 8.01. The van der Waals surface area contributed by atoms with Gasteiger partial charge in [-0.05, 0) is 51.6 Å². The lowest BCUT2D eigenvalue weighted by molar-refractivity contribution is -0.120. The Morgan fingerprint density at radius 2 is 1.77 bits per heavy atom. The average Bonchev–Trinajstić information content (AvgIpc) is 3.17. The van der Waals surface area contributed by atoms with Crippen LogP contribution in [0.25, 0.3) is 0 Å². The number of hydrogen-bond donors (Lipinski definition) is 1. The highest BCUT2D eigenvalue weighted by molar-refractivity contribution is 6.62. The zero-order valence-electron chi connectivity index (χ0n) is 13.8. The van der Waals surface area contributed by atoms with Gasteiger partial charge in [0.05, 0.1) is 17.6 Å². The van der Waals surface area contributed by atoms with E-state index >= 15 is 0 Å². The van der Waals surface area contributed by atoms with E-state index in [1.807, 2.05) is 52.0 Å². The van der Waals surface area contributed by atoms with Crippen LogP contribution in [0, 0.1) is 0 Å². The van der Waals surface area contributed by atoms with Gasteiger partial charge in [-0.2, -0.15) is 0 Å². The third kappa shape index (κ3) is 3.06. The lowest BCUT2D eigenvalue weighted by Crippen LogP contribution is -2.41. The van der Waals surface area contributed by atoms with E-state index in [2.05, 4.69) is 5.32 Å². The molecule has 2 aliphatic rings. The maximum atomic E-state index is 12.1. The van der Waals surface area contributed by atoms with Crippen molar-refractivity contribution in [2.45, 2.75) is 64.2 Å². The minimum Gasteiger partial charge on any atom is -0.399 e. The number of carbonyl (C=O) groups is 1. The smallest absolute Gasteiger partial charge is 0.399 e. The molecule has 1 N–H and O–H groups in total. The molecule has 4 nitrogen and oxygen atoms in total. The second kappa shape index (κ2) is 5.39. The van der Waals surface area contributed by atoms with E-state index in [0.717, 1.165) is 23.9 Å². The third-order valence-electron chi connectivity index (χ3n) is 4.86. The zero-order chi connectivity index (χ0) is 16.0. The number of nitrogens with one attached hydrogen (secondary N) is 1. The van der Waals surface area contributed by atoms with Crippen molar-refractivity contribution in [2.24, 2.45) is 0 Å². The predicted molar refractivity (Wildman–Crippen MR) is 87.0 cm³/mol. The van der Waals surface area contributed by atoms with Crippen molar-refractivity contribution in [3.8, 4) is 0 Å². The molecule has 0 radical (unpaired) electrons. The highest BCUT2D eigenvalue weighted by Crippen LogP contribution is 2.36. The molecule has 0 spiro atoms. The molecular weight excluding hydrogens is 277 g/mol. The Morgan fingerprint density at radius 3 is 2.36 bits per heavy atom. The van der Waals surface area contributed by atoms with Crippen molar-refractivity contribution >= 4 is 18.5 Å². The molecule has 1 aromatic carbocycles. The van der Waals surface area contributed by atoms with Gasteiger partial charge < -0.3 is 14.6 Å². The van der Waals surface area contributed by atoms with Crippen LogP contribution in [0.2, 0.25) is 0 Å². The van der Waals surface area contributed by atoms with Crippen LogP contribution in [0.5, 0.6) is 0 Å². The molecule has 0 aromatic heterocycles. The van der Waals surface area contributed by atoms with E-state index in [4.69, 9.17) is 9.31 Å². The van der Waals surface area contributed by atoms with Crippen molar-refractivity contribution in [3.63, 3.8) is 0 Å². The number of carbonyl (C=O) groups excluding carboxylic acids is 1. The summed E-state index contributed by atoms with van der Waals surface area (Å²) in [7, 11) is -0.421. The molecule has 1 saturated heterocycles. The average molecular weight is 301 g/mol. The van der Waals surface area contributed by atoms with Gasteiger partial charge in [-0.25, -0.2) is 0 Å². The Balaban J connectivity index is 1.78. The van der Waals surface area contributed by atoms with Gasteiger partial charge in [0, 0.05) is 6.04 Å². The summed E-state index contributed by atoms with van der Waals surface area (Å²) < 4.78 is 12.2. The first-order valence-electron chi connectivity index (χ1n) is 8.01. The Bertz CT molecular complexity index is 565. The second-order valence-corrected chi connectivity index (χ2v) is 7.31. The summed E-state index contributed by atoms with van der Waals surface area (Å²) in [6.07, 6.45) is 2.58. The largest absolute Gasteiger partial charge is 0.495 e. The fourth-order valence-corrected chi connectivity index (χ4v) is 2.57. The molecule has 1 saturated carbocycles. The summed E-state index contributed by atoms with van der Waals surface area (Å²) in [5, 5.41) is 3.03. The summed E-state index contributed by atoms with van der Waals surface area (Å²) in [6, 6.07) is 8.27. The summed E-state index contributed by atoms with van der Waals surface area (Å²) in [6.45, 7) is 8.15. The van der Waals surface area contributed by atoms with Crippen LogP contribution < -0.4 is 10.8 Å². The maximum Gasteiger partial charge on any atom is 0.495 e. The molecule has 1 amide bonds. The molecule has 0 atom stereocenters. The van der Waals surface area contributed by atoms with Crippen LogP contribution in [0.3, 0.4) is 0 Å².